The first-order chi connectivity index (χ1) is 12.3. The van der Waals surface area contributed by atoms with Gasteiger partial charge >= 0.3 is 6.18 Å². The van der Waals surface area contributed by atoms with Crippen LogP contribution in [-0.2, 0) is 12.6 Å². The topological polar surface area (TPSA) is 46.3 Å². The molecule has 0 N–H and O–H groups in total. The quantitative estimate of drug-likeness (QED) is 0.801. The van der Waals surface area contributed by atoms with Gasteiger partial charge in [-0.15, -0.1) is 0 Å². The highest BCUT2D eigenvalue weighted by atomic mass is 19.4. The van der Waals surface area contributed by atoms with Crippen molar-refractivity contribution in [3.63, 3.8) is 0 Å². The molecule has 4 nitrogen and oxygen atoms in total. The van der Waals surface area contributed by atoms with Crippen molar-refractivity contribution in [1.29, 1.82) is 0 Å². The number of benzene rings is 1. The number of carbonyl (C=O) groups is 1. The van der Waals surface area contributed by atoms with Gasteiger partial charge in [-0.3, -0.25) is 4.79 Å². The van der Waals surface area contributed by atoms with Crippen LogP contribution < -0.4 is 0 Å². The van der Waals surface area contributed by atoms with Crippen molar-refractivity contribution in [2.24, 2.45) is 5.92 Å². The standard InChI is InChI=1S/C19H21F3N2O2/c1-13-10-17(26-23-13)18(25)24-9-3-5-15(12-24)8-7-14-4-2-6-16(11-14)19(20,21)22/h2,4,6,10-11,15H,3,5,7-9,12H2,1H3/t15-/m1/s1. The Bertz CT molecular complexity index is 770. The van der Waals surface area contributed by atoms with Gasteiger partial charge < -0.3 is 9.42 Å². The molecule has 2 aromatic rings. The smallest absolute Gasteiger partial charge is 0.351 e. The number of likely N-dealkylation sites (tertiary alicyclic amines) is 1. The van der Waals surface area contributed by atoms with E-state index >= 15 is 0 Å². The van der Waals surface area contributed by atoms with Gasteiger partial charge in [0.15, 0.2) is 0 Å². The third-order valence-electron chi connectivity index (χ3n) is 4.74. The maximum atomic E-state index is 12.8. The van der Waals surface area contributed by atoms with Gasteiger partial charge in [-0.05, 0) is 50.2 Å². The summed E-state index contributed by atoms with van der Waals surface area (Å²) < 4.78 is 43.5. The molecule has 1 aromatic carbocycles. The first kappa shape index (κ1) is 18.5. The molecule has 0 radical (unpaired) electrons. The number of amides is 1. The predicted molar refractivity (Wildman–Crippen MR) is 89.6 cm³/mol. The van der Waals surface area contributed by atoms with E-state index in [0.29, 0.717) is 30.8 Å². The third kappa shape index (κ3) is 4.45. The summed E-state index contributed by atoms with van der Waals surface area (Å²) in [4.78, 5) is 14.2. The Morgan fingerprint density at radius 1 is 1.35 bits per heavy atom. The number of hydrogen-bond donors (Lipinski definition) is 0. The molecule has 0 unspecified atom stereocenters. The predicted octanol–water partition coefficient (Wildman–Crippen LogP) is 4.49. The number of aromatic nitrogens is 1. The van der Waals surface area contributed by atoms with Crippen LogP contribution in [0.5, 0.6) is 0 Å². The number of piperidine rings is 1. The van der Waals surface area contributed by atoms with Gasteiger partial charge in [-0.2, -0.15) is 13.2 Å². The van der Waals surface area contributed by atoms with Crippen molar-refractivity contribution in [2.45, 2.75) is 38.8 Å². The highest BCUT2D eigenvalue weighted by Crippen LogP contribution is 2.30. The first-order valence-corrected chi connectivity index (χ1v) is 8.71. The fourth-order valence-electron chi connectivity index (χ4n) is 3.38. The molecule has 1 fully saturated rings. The van der Waals surface area contributed by atoms with E-state index in [1.807, 2.05) is 0 Å². The molecule has 7 heteroatoms. The Balaban J connectivity index is 1.58. The highest BCUT2D eigenvalue weighted by Gasteiger charge is 2.30. The molecule has 1 aliphatic heterocycles. The SMILES string of the molecule is Cc1cc(C(=O)N2CCC[C@H](CCc3cccc(C(F)(F)F)c3)C2)on1. The second-order valence-electron chi connectivity index (χ2n) is 6.83. The molecule has 1 amide bonds. The Kier molecular flexibility index (Phi) is 5.34. The van der Waals surface area contributed by atoms with Crippen LogP contribution in [0.1, 0.15) is 46.6 Å². The Morgan fingerprint density at radius 2 is 2.15 bits per heavy atom. The molecule has 1 atom stereocenters. The van der Waals surface area contributed by atoms with Crippen LogP contribution in [0.25, 0.3) is 0 Å². The molecule has 0 saturated carbocycles. The minimum atomic E-state index is -4.32. The van der Waals surface area contributed by atoms with Gasteiger partial charge in [0.05, 0.1) is 11.3 Å². The molecule has 3 rings (SSSR count). The van der Waals surface area contributed by atoms with E-state index in [0.717, 1.165) is 25.3 Å². The van der Waals surface area contributed by atoms with Crippen LogP contribution in [0.2, 0.25) is 0 Å². The van der Waals surface area contributed by atoms with Crippen molar-refractivity contribution in [3.8, 4) is 0 Å². The van der Waals surface area contributed by atoms with Crippen molar-refractivity contribution >= 4 is 5.91 Å². The van der Waals surface area contributed by atoms with Crippen molar-refractivity contribution in [1.82, 2.24) is 10.1 Å². The van der Waals surface area contributed by atoms with Crippen molar-refractivity contribution in [3.05, 3.63) is 52.9 Å². The number of rotatable bonds is 4. The lowest BCUT2D eigenvalue weighted by molar-refractivity contribution is -0.137. The molecule has 0 aliphatic carbocycles. The lowest BCUT2D eigenvalue weighted by Crippen LogP contribution is -2.39. The number of hydrogen-bond acceptors (Lipinski definition) is 3. The van der Waals surface area contributed by atoms with E-state index in [9.17, 15) is 18.0 Å². The minimum absolute atomic E-state index is 0.172. The summed E-state index contributed by atoms with van der Waals surface area (Å²) in [5.74, 6) is 0.335. The maximum Gasteiger partial charge on any atom is 0.416 e. The molecule has 2 heterocycles. The molecule has 1 aromatic heterocycles. The second-order valence-corrected chi connectivity index (χ2v) is 6.83. The van der Waals surface area contributed by atoms with Crippen molar-refractivity contribution < 1.29 is 22.5 Å². The molecular formula is C19H21F3N2O2. The van der Waals surface area contributed by atoms with E-state index in [-0.39, 0.29) is 17.6 Å². The zero-order valence-corrected chi connectivity index (χ0v) is 14.6. The second kappa shape index (κ2) is 7.51. The summed E-state index contributed by atoms with van der Waals surface area (Å²) in [6.07, 6.45) is -1.15. The summed E-state index contributed by atoms with van der Waals surface area (Å²) in [5.41, 5.74) is 0.719. The van der Waals surface area contributed by atoms with Crippen molar-refractivity contribution in [2.75, 3.05) is 13.1 Å². The lowest BCUT2D eigenvalue weighted by Gasteiger charge is -2.32. The molecule has 1 saturated heterocycles. The number of carbonyl (C=O) groups excluding carboxylic acids is 1. The third-order valence-corrected chi connectivity index (χ3v) is 4.74. The average Bonchev–Trinajstić information content (AvgIpc) is 3.05. The van der Waals surface area contributed by atoms with Crippen LogP contribution in [0, 0.1) is 12.8 Å². The number of aryl methyl sites for hydroxylation is 2. The molecule has 0 spiro atoms. The Labute approximate surface area is 150 Å². The summed E-state index contributed by atoms with van der Waals surface area (Å²) >= 11 is 0. The van der Waals surface area contributed by atoms with Gasteiger partial charge in [-0.1, -0.05) is 23.4 Å². The van der Waals surface area contributed by atoms with E-state index in [4.69, 9.17) is 4.52 Å². The van der Waals surface area contributed by atoms with Crippen LogP contribution in [0.15, 0.2) is 34.9 Å². The Hall–Kier alpha value is -2.31. The largest absolute Gasteiger partial charge is 0.416 e. The first-order valence-electron chi connectivity index (χ1n) is 8.71. The van der Waals surface area contributed by atoms with Gasteiger partial charge in [0, 0.05) is 19.2 Å². The maximum absolute atomic E-state index is 12.8. The monoisotopic (exact) mass is 366 g/mol. The van der Waals surface area contributed by atoms with E-state index in [1.165, 1.54) is 12.1 Å². The highest BCUT2D eigenvalue weighted by molar-refractivity contribution is 5.91. The molecule has 26 heavy (non-hydrogen) atoms. The number of halogens is 3. The Morgan fingerprint density at radius 3 is 2.85 bits per heavy atom. The number of alkyl halides is 3. The number of nitrogens with zero attached hydrogens (tertiary/aromatic N) is 2. The zero-order valence-electron chi connectivity index (χ0n) is 14.6. The van der Waals surface area contributed by atoms with Crippen LogP contribution in [-0.4, -0.2) is 29.1 Å². The van der Waals surface area contributed by atoms with Gasteiger partial charge in [0.2, 0.25) is 5.76 Å². The average molecular weight is 366 g/mol. The van der Waals surface area contributed by atoms with E-state index in [1.54, 1.807) is 24.0 Å². The fourth-order valence-corrected chi connectivity index (χ4v) is 3.38. The summed E-state index contributed by atoms with van der Waals surface area (Å²) in [5, 5.41) is 3.74. The van der Waals surface area contributed by atoms with E-state index in [2.05, 4.69) is 5.16 Å². The molecule has 1 aliphatic rings. The van der Waals surface area contributed by atoms with Gasteiger partial charge in [0.1, 0.15) is 0 Å². The molecular weight excluding hydrogens is 345 g/mol. The summed E-state index contributed by atoms with van der Waals surface area (Å²) in [6.45, 7) is 3.02. The fraction of sp³-hybridized carbons (Fsp3) is 0.474. The van der Waals surface area contributed by atoms with Gasteiger partial charge in [0.25, 0.3) is 5.91 Å². The summed E-state index contributed by atoms with van der Waals surface area (Å²) in [7, 11) is 0. The van der Waals surface area contributed by atoms with Crippen LogP contribution >= 0.6 is 0 Å². The lowest BCUT2D eigenvalue weighted by atomic mass is 9.91. The summed E-state index contributed by atoms with van der Waals surface area (Å²) in [6, 6.07) is 7.08. The van der Waals surface area contributed by atoms with Crippen LogP contribution in [0.4, 0.5) is 13.2 Å². The van der Waals surface area contributed by atoms with Gasteiger partial charge in [-0.25, -0.2) is 0 Å². The zero-order chi connectivity index (χ0) is 18.7. The van der Waals surface area contributed by atoms with E-state index < -0.39 is 11.7 Å². The minimum Gasteiger partial charge on any atom is -0.351 e. The molecule has 140 valence electrons. The normalized spacial score (nSPS) is 18.2. The van der Waals surface area contributed by atoms with Crippen LogP contribution in [0.3, 0.4) is 0 Å². The molecule has 0 bridgehead atoms.